The number of carbonyl (C=O) groups is 1. The molecule has 0 amide bonds. The van der Waals surface area contributed by atoms with E-state index in [1.165, 1.54) is 18.0 Å². The largest absolute Gasteiger partial charge is 0.505 e. The van der Waals surface area contributed by atoms with E-state index in [0.717, 1.165) is 11.3 Å². The molecule has 0 aliphatic rings. The minimum absolute atomic E-state index is 0.0527. The van der Waals surface area contributed by atoms with Gasteiger partial charge in [0.15, 0.2) is 17.1 Å². The van der Waals surface area contributed by atoms with E-state index < -0.39 is 5.97 Å². The first-order valence-corrected chi connectivity index (χ1v) is 7.19. The Labute approximate surface area is 136 Å². The highest BCUT2D eigenvalue weighted by Crippen LogP contribution is 2.34. The molecular weight excluding hydrogens is 308 g/mol. The molecule has 0 radical (unpaired) electrons. The average Bonchev–Trinajstić information content (AvgIpc) is 3.11. The average molecular weight is 320 g/mol. The van der Waals surface area contributed by atoms with Gasteiger partial charge in [0, 0.05) is 22.5 Å². The molecule has 0 saturated carbocycles. The molecule has 0 atom stereocenters. The number of esters is 1. The van der Waals surface area contributed by atoms with Crippen LogP contribution in [0.25, 0.3) is 27.7 Å². The molecule has 7 heteroatoms. The van der Waals surface area contributed by atoms with Gasteiger partial charge in [-0.3, -0.25) is 4.98 Å². The predicted octanol–water partition coefficient (Wildman–Crippen LogP) is 2.44. The number of aromatic nitrogens is 4. The molecule has 24 heavy (non-hydrogen) atoms. The van der Waals surface area contributed by atoms with Gasteiger partial charge in [-0.2, -0.15) is 5.10 Å². The molecule has 0 aliphatic carbocycles. The molecule has 0 bridgehead atoms. The molecule has 3 aromatic heterocycles. The molecular formula is C17H12N4O3. The minimum Gasteiger partial charge on any atom is -0.505 e. The highest BCUT2D eigenvalue weighted by Gasteiger charge is 2.22. The van der Waals surface area contributed by atoms with Gasteiger partial charge in [-0.1, -0.05) is 12.1 Å². The van der Waals surface area contributed by atoms with E-state index in [9.17, 15) is 9.90 Å². The van der Waals surface area contributed by atoms with Crippen LogP contribution in [0.15, 0.2) is 48.9 Å². The summed E-state index contributed by atoms with van der Waals surface area (Å²) in [5.74, 6) is -0.874. The Bertz CT molecular complexity index is 1070. The topological polar surface area (TPSA) is 89.6 Å². The van der Waals surface area contributed by atoms with E-state index in [4.69, 9.17) is 4.74 Å². The molecule has 7 nitrogen and oxygen atoms in total. The van der Waals surface area contributed by atoms with Crippen molar-refractivity contribution in [1.82, 2.24) is 19.6 Å². The molecule has 4 rings (SSSR count). The molecule has 1 aromatic carbocycles. The summed E-state index contributed by atoms with van der Waals surface area (Å²) in [4.78, 5) is 20.5. The Kier molecular flexibility index (Phi) is 3.13. The second-order valence-corrected chi connectivity index (χ2v) is 5.16. The molecule has 4 aromatic rings. The van der Waals surface area contributed by atoms with E-state index >= 15 is 0 Å². The van der Waals surface area contributed by atoms with Crippen LogP contribution < -0.4 is 0 Å². The summed E-state index contributed by atoms with van der Waals surface area (Å²) in [6.45, 7) is 0. The molecule has 3 heterocycles. The maximum Gasteiger partial charge on any atom is 0.360 e. The lowest BCUT2D eigenvalue weighted by Gasteiger charge is -2.10. The summed E-state index contributed by atoms with van der Waals surface area (Å²) in [5.41, 5.74) is 2.08. The van der Waals surface area contributed by atoms with Crippen LogP contribution in [0.3, 0.4) is 0 Å². The maximum absolute atomic E-state index is 12.0. The Morgan fingerprint density at radius 3 is 2.79 bits per heavy atom. The standard InChI is InChI=1S/C17H12N4O3/c1-24-17(23)14-15(22)11-6-5-10(13-4-2-3-7-18-13)8-12(11)16-19-9-20-21(14)16/h2-9,22H,1H3. The fourth-order valence-electron chi connectivity index (χ4n) is 2.73. The second-order valence-electron chi connectivity index (χ2n) is 5.16. The molecule has 0 fully saturated rings. The van der Waals surface area contributed by atoms with Crippen molar-refractivity contribution in [3.8, 4) is 17.0 Å². The smallest absolute Gasteiger partial charge is 0.360 e. The number of rotatable bonds is 2. The van der Waals surface area contributed by atoms with Crippen LogP contribution in [0.1, 0.15) is 10.5 Å². The number of benzene rings is 1. The summed E-state index contributed by atoms with van der Waals surface area (Å²) in [6.07, 6.45) is 3.04. The second kappa shape index (κ2) is 5.31. The zero-order valence-corrected chi connectivity index (χ0v) is 12.7. The van der Waals surface area contributed by atoms with Crippen molar-refractivity contribution >= 4 is 22.4 Å². The third-order valence-corrected chi connectivity index (χ3v) is 3.84. The minimum atomic E-state index is -0.682. The van der Waals surface area contributed by atoms with Crippen molar-refractivity contribution in [2.24, 2.45) is 0 Å². The highest BCUT2D eigenvalue weighted by atomic mass is 16.5. The van der Waals surface area contributed by atoms with E-state index in [2.05, 4.69) is 15.1 Å². The first-order valence-electron chi connectivity index (χ1n) is 7.19. The van der Waals surface area contributed by atoms with Gasteiger partial charge in [-0.05, 0) is 24.3 Å². The van der Waals surface area contributed by atoms with E-state index in [1.54, 1.807) is 12.3 Å². The first-order chi connectivity index (χ1) is 11.7. The van der Waals surface area contributed by atoms with Crippen LogP contribution in [0.5, 0.6) is 5.75 Å². The number of hydrogen-bond donors (Lipinski definition) is 1. The van der Waals surface area contributed by atoms with Gasteiger partial charge in [-0.25, -0.2) is 14.3 Å². The van der Waals surface area contributed by atoms with Gasteiger partial charge in [-0.15, -0.1) is 0 Å². The fourth-order valence-corrected chi connectivity index (χ4v) is 2.73. The zero-order valence-electron chi connectivity index (χ0n) is 12.7. The van der Waals surface area contributed by atoms with Crippen molar-refractivity contribution in [2.75, 3.05) is 7.11 Å². The predicted molar refractivity (Wildman–Crippen MR) is 86.7 cm³/mol. The lowest BCUT2D eigenvalue weighted by atomic mass is 10.0. The summed E-state index contributed by atoms with van der Waals surface area (Å²) < 4.78 is 6.02. The SMILES string of the molecule is COC(=O)c1c(O)c2ccc(-c3ccccn3)cc2c2ncnn12. The Hall–Kier alpha value is -3.48. The number of aromatic hydroxyl groups is 1. The van der Waals surface area contributed by atoms with Gasteiger partial charge in [0.1, 0.15) is 6.33 Å². The zero-order chi connectivity index (χ0) is 16.7. The molecule has 0 spiro atoms. The summed E-state index contributed by atoms with van der Waals surface area (Å²) >= 11 is 0. The van der Waals surface area contributed by atoms with Crippen LogP contribution in [-0.2, 0) is 4.74 Å². The molecule has 1 N–H and O–H groups in total. The first kappa shape index (κ1) is 14.1. The van der Waals surface area contributed by atoms with Crippen molar-refractivity contribution in [3.05, 3.63) is 54.6 Å². The maximum atomic E-state index is 12.0. The number of methoxy groups -OCH3 is 1. The Balaban J connectivity index is 2.07. The summed E-state index contributed by atoms with van der Waals surface area (Å²) in [7, 11) is 1.25. The Morgan fingerprint density at radius 1 is 1.17 bits per heavy atom. The van der Waals surface area contributed by atoms with Crippen LogP contribution in [0.4, 0.5) is 0 Å². The number of pyridine rings is 2. The number of carbonyl (C=O) groups excluding carboxylic acids is 1. The molecule has 0 aliphatic heterocycles. The van der Waals surface area contributed by atoms with E-state index in [-0.39, 0.29) is 11.4 Å². The number of nitrogens with zero attached hydrogens (tertiary/aromatic N) is 4. The van der Waals surface area contributed by atoms with Crippen LogP contribution >= 0.6 is 0 Å². The number of fused-ring (bicyclic) bond motifs is 3. The normalized spacial score (nSPS) is 11.0. The third kappa shape index (κ3) is 1.98. The van der Waals surface area contributed by atoms with Gasteiger partial charge in [0.25, 0.3) is 0 Å². The third-order valence-electron chi connectivity index (χ3n) is 3.84. The van der Waals surface area contributed by atoms with Gasteiger partial charge in [0.05, 0.1) is 12.8 Å². The monoisotopic (exact) mass is 320 g/mol. The van der Waals surface area contributed by atoms with E-state index in [0.29, 0.717) is 16.4 Å². The van der Waals surface area contributed by atoms with Gasteiger partial charge < -0.3 is 9.84 Å². The highest BCUT2D eigenvalue weighted by molar-refractivity contribution is 6.06. The van der Waals surface area contributed by atoms with Gasteiger partial charge in [0.2, 0.25) is 0 Å². The Morgan fingerprint density at radius 2 is 2.04 bits per heavy atom. The quantitative estimate of drug-likeness (QED) is 0.571. The summed E-state index contributed by atoms with van der Waals surface area (Å²) in [6, 6.07) is 11.1. The van der Waals surface area contributed by atoms with Crippen molar-refractivity contribution in [1.29, 1.82) is 0 Å². The lowest BCUT2D eigenvalue weighted by Crippen LogP contribution is -2.10. The molecule has 0 saturated heterocycles. The van der Waals surface area contributed by atoms with Crippen molar-refractivity contribution < 1.29 is 14.6 Å². The van der Waals surface area contributed by atoms with Crippen molar-refractivity contribution in [3.63, 3.8) is 0 Å². The van der Waals surface area contributed by atoms with E-state index in [1.807, 2.05) is 30.3 Å². The summed E-state index contributed by atoms with van der Waals surface area (Å²) in [5, 5.41) is 15.7. The van der Waals surface area contributed by atoms with Crippen LogP contribution in [-0.4, -0.2) is 37.8 Å². The number of hydrogen-bond acceptors (Lipinski definition) is 6. The van der Waals surface area contributed by atoms with Crippen LogP contribution in [0.2, 0.25) is 0 Å². The van der Waals surface area contributed by atoms with Crippen LogP contribution in [0, 0.1) is 0 Å². The van der Waals surface area contributed by atoms with Crippen molar-refractivity contribution in [2.45, 2.75) is 0 Å². The molecule has 118 valence electrons. The fraction of sp³-hybridized carbons (Fsp3) is 0.0588. The lowest BCUT2D eigenvalue weighted by molar-refractivity contribution is 0.0587. The van der Waals surface area contributed by atoms with Gasteiger partial charge >= 0.3 is 5.97 Å². The number of ether oxygens (including phenoxy) is 1. The molecule has 0 unspecified atom stereocenters.